The van der Waals surface area contributed by atoms with Crippen molar-refractivity contribution in [3.63, 3.8) is 0 Å². The highest BCUT2D eigenvalue weighted by Crippen LogP contribution is 2.48. The van der Waals surface area contributed by atoms with Crippen molar-refractivity contribution >= 4 is 34.8 Å². The number of carbonyl (C=O) groups excluding carboxylic acids is 2. The molecule has 2 fully saturated rings. The van der Waals surface area contributed by atoms with Gasteiger partial charge in [0.05, 0.1) is 12.5 Å². The fourth-order valence-corrected chi connectivity index (χ4v) is 5.03. The SMILES string of the molecule is C[C@@H](NC(=O)[C@@H]1C[C@@H]2C[C@@H]2N1C(=O)Cc1cccs1)c1c(F)cccc1Cl. The van der Waals surface area contributed by atoms with Crippen LogP contribution in [0.1, 0.15) is 36.2 Å². The van der Waals surface area contributed by atoms with E-state index in [1.54, 1.807) is 29.2 Å². The summed E-state index contributed by atoms with van der Waals surface area (Å²) in [5, 5.41) is 5.07. The van der Waals surface area contributed by atoms with Gasteiger partial charge in [-0.15, -0.1) is 11.3 Å². The van der Waals surface area contributed by atoms with Gasteiger partial charge >= 0.3 is 0 Å². The Balaban J connectivity index is 1.47. The third-order valence-corrected chi connectivity index (χ3v) is 6.60. The third kappa shape index (κ3) is 3.60. The first-order valence-corrected chi connectivity index (χ1v) is 10.3. The number of rotatable bonds is 5. The van der Waals surface area contributed by atoms with Gasteiger partial charge in [0.15, 0.2) is 0 Å². The second-order valence-electron chi connectivity index (χ2n) is 7.24. The number of nitrogens with one attached hydrogen (secondary N) is 1. The van der Waals surface area contributed by atoms with E-state index in [1.807, 2.05) is 17.5 Å². The van der Waals surface area contributed by atoms with Crippen LogP contribution in [0.2, 0.25) is 5.02 Å². The van der Waals surface area contributed by atoms with E-state index in [0.717, 1.165) is 11.3 Å². The molecule has 2 amide bonds. The molecule has 1 aromatic carbocycles. The van der Waals surface area contributed by atoms with Crippen LogP contribution in [0.25, 0.3) is 0 Å². The molecule has 1 saturated heterocycles. The Morgan fingerprint density at radius 1 is 1.33 bits per heavy atom. The molecule has 0 radical (unpaired) electrons. The molecule has 1 aliphatic carbocycles. The standard InChI is InChI=1S/C20H20ClFN2O2S/c1-11(19-14(21)5-2-6-15(19)22)23-20(26)17-9-12-8-16(12)24(17)18(25)10-13-4-3-7-27-13/h2-7,11-12,16-17H,8-10H2,1H3,(H,23,26)/t11-,12+,16+,17+/m1/s1. The number of fused-ring (bicyclic) bond motifs is 1. The maximum absolute atomic E-state index is 14.1. The van der Waals surface area contributed by atoms with E-state index < -0.39 is 17.9 Å². The zero-order chi connectivity index (χ0) is 19.1. The van der Waals surface area contributed by atoms with Crippen LogP contribution in [0, 0.1) is 11.7 Å². The van der Waals surface area contributed by atoms with Gasteiger partial charge in [-0.25, -0.2) is 4.39 Å². The van der Waals surface area contributed by atoms with E-state index >= 15 is 0 Å². The lowest BCUT2D eigenvalue weighted by atomic mass is 10.1. The van der Waals surface area contributed by atoms with Gasteiger partial charge < -0.3 is 10.2 Å². The molecule has 0 spiro atoms. The van der Waals surface area contributed by atoms with Gasteiger partial charge in [0.2, 0.25) is 11.8 Å². The number of amides is 2. The highest BCUT2D eigenvalue weighted by Gasteiger charge is 2.55. The third-order valence-electron chi connectivity index (χ3n) is 5.39. The molecule has 2 aliphatic rings. The molecule has 0 bridgehead atoms. The van der Waals surface area contributed by atoms with Crippen LogP contribution in [0.3, 0.4) is 0 Å². The molecule has 7 heteroatoms. The van der Waals surface area contributed by atoms with E-state index in [1.165, 1.54) is 12.1 Å². The number of carbonyl (C=O) groups is 2. The summed E-state index contributed by atoms with van der Waals surface area (Å²) >= 11 is 7.64. The summed E-state index contributed by atoms with van der Waals surface area (Å²) in [4.78, 5) is 28.4. The van der Waals surface area contributed by atoms with Crippen molar-refractivity contribution < 1.29 is 14.0 Å². The fraction of sp³-hybridized carbons (Fsp3) is 0.400. The van der Waals surface area contributed by atoms with E-state index in [0.29, 0.717) is 18.8 Å². The van der Waals surface area contributed by atoms with Crippen LogP contribution in [0.5, 0.6) is 0 Å². The summed E-state index contributed by atoms with van der Waals surface area (Å²) in [6.45, 7) is 1.70. The minimum atomic E-state index is -0.572. The molecular formula is C20H20ClFN2O2S. The topological polar surface area (TPSA) is 49.4 Å². The molecule has 2 aromatic rings. The molecule has 4 nitrogen and oxygen atoms in total. The van der Waals surface area contributed by atoms with E-state index in [-0.39, 0.29) is 28.4 Å². The molecule has 142 valence electrons. The van der Waals surface area contributed by atoms with E-state index in [4.69, 9.17) is 11.6 Å². The average molecular weight is 407 g/mol. The number of halogens is 2. The van der Waals surface area contributed by atoms with Crippen molar-refractivity contribution in [3.05, 3.63) is 57.0 Å². The minimum Gasteiger partial charge on any atom is -0.348 e. The van der Waals surface area contributed by atoms with Gasteiger partial charge in [-0.05, 0) is 49.3 Å². The lowest BCUT2D eigenvalue weighted by Crippen LogP contribution is -2.48. The van der Waals surface area contributed by atoms with E-state index in [9.17, 15) is 14.0 Å². The van der Waals surface area contributed by atoms with Crippen molar-refractivity contribution in [2.75, 3.05) is 0 Å². The summed E-state index contributed by atoms with van der Waals surface area (Å²) < 4.78 is 14.1. The predicted molar refractivity (Wildman–Crippen MR) is 103 cm³/mol. The fourth-order valence-electron chi connectivity index (χ4n) is 4.01. The number of thiophene rings is 1. The van der Waals surface area contributed by atoms with Crippen LogP contribution >= 0.6 is 22.9 Å². The highest BCUT2D eigenvalue weighted by molar-refractivity contribution is 7.10. The van der Waals surface area contributed by atoms with Gasteiger partial charge in [0.1, 0.15) is 11.9 Å². The zero-order valence-corrected chi connectivity index (χ0v) is 16.4. The van der Waals surface area contributed by atoms with E-state index in [2.05, 4.69) is 5.32 Å². The van der Waals surface area contributed by atoms with Crippen molar-refractivity contribution in [1.29, 1.82) is 0 Å². The predicted octanol–water partition coefficient (Wildman–Crippen LogP) is 3.95. The first kappa shape index (κ1) is 18.4. The molecule has 2 heterocycles. The molecule has 4 atom stereocenters. The molecule has 1 N–H and O–H groups in total. The Morgan fingerprint density at radius 2 is 2.15 bits per heavy atom. The molecule has 1 aromatic heterocycles. The van der Waals surface area contributed by atoms with Gasteiger partial charge in [-0.3, -0.25) is 9.59 Å². The van der Waals surface area contributed by atoms with Crippen LogP contribution in [0.15, 0.2) is 35.7 Å². The monoisotopic (exact) mass is 406 g/mol. The lowest BCUT2D eigenvalue weighted by molar-refractivity contribution is -0.139. The lowest BCUT2D eigenvalue weighted by Gasteiger charge is -2.28. The molecule has 1 saturated carbocycles. The number of likely N-dealkylation sites (tertiary alicyclic amines) is 1. The first-order valence-electron chi connectivity index (χ1n) is 9.03. The highest BCUT2D eigenvalue weighted by atomic mass is 35.5. The Morgan fingerprint density at radius 3 is 2.85 bits per heavy atom. The van der Waals surface area contributed by atoms with Crippen LogP contribution < -0.4 is 5.32 Å². The Hall–Kier alpha value is -1.92. The van der Waals surface area contributed by atoms with Gasteiger partial charge in [-0.1, -0.05) is 23.7 Å². The first-order chi connectivity index (χ1) is 13.0. The summed E-state index contributed by atoms with van der Waals surface area (Å²) in [5.74, 6) is -0.302. The second kappa shape index (κ2) is 7.24. The maximum atomic E-state index is 14.1. The number of hydrogen-bond acceptors (Lipinski definition) is 3. The minimum absolute atomic E-state index is 0.0147. The number of piperidine rings is 1. The molecule has 4 rings (SSSR count). The molecule has 0 unspecified atom stereocenters. The summed E-state index contributed by atoms with van der Waals surface area (Å²) in [6.07, 6.45) is 1.96. The smallest absolute Gasteiger partial charge is 0.243 e. The zero-order valence-electron chi connectivity index (χ0n) is 14.8. The Kier molecular flexibility index (Phi) is 4.95. The van der Waals surface area contributed by atoms with Crippen molar-refractivity contribution in [2.24, 2.45) is 5.92 Å². The normalized spacial score (nSPS) is 24.4. The van der Waals surface area contributed by atoms with Crippen molar-refractivity contribution in [3.8, 4) is 0 Å². The van der Waals surface area contributed by atoms with Crippen LogP contribution in [-0.2, 0) is 16.0 Å². The van der Waals surface area contributed by atoms with Crippen molar-refractivity contribution in [2.45, 2.75) is 44.3 Å². The molecular weight excluding hydrogens is 387 g/mol. The Bertz CT molecular complexity index is 853. The van der Waals surface area contributed by atoms with Crippen molar-refractivity contribution in [1.82, 2.24) is 10.2 Å². The quantitative estimate of drug-likeness (QED) is 0.817. The van der Waals surface area contributed by atoms with Gasteiger partial charge in [0.25, 0.3) is 0 Å². The van der Waals surface area contributed by atoms with Gasteiger partial charge in [-0.2, -0.15) is 0 Å². The molecule has 27 heavy (non-hydrogen) atoms. The van der Waals surface area contributed by atoms with Crippen LogP contribution in [-0.4, -0.2) is 28.8 Å². The summed E-state index contributed by atoms with van der Waals surface area (Å²) in [6, 6.07) is 7.41. The summed E-state index contributed by atoms with van der Waals surface area (Å²) in [7, 11) is 0. The van der Waals surface area contributed by atoms with Crippen LogP contribution in [0.4, 0.5) is 4.39 Å². The van der Waals surface area contributed by atoms with Gasteiger partial charge in [0, 0.05) is 21.5 Å². The second-order valence-corrected chi connectivity index (χ2v) is 8.68. The average Bonchev–Trinajstić information content (AvgIpc) is 3.03. The largest absolute Gasteiger partial charge is 0.348 e. The maximum Gasteiger partial charge on any atom is 0.243 e. The number of nitrogens with zero attached hydrogens (tertiary/aromatic N) is 1. The Labute approximate surface area is 166 Å². The molecule has 1 aliphatic heterocycles. The number of benzene rings is 1. The number of hydrogen-bond donors (Lipinski definition) is 1. The summed E-state index contributed by atoms with van der Waals surface area (Å²) in [5.41, 5.74) is 0.270.